The van der Waals surface area contributed by atoms with E-state index in [4.69, 9.17) is 10.5 Å². The van der Waals surface area contributed by atoms with Gasteiger partial charge >= 0.3 is 0 Å². The van der Waals surface area contributed by atoms with Gasteiger partial charge in [0.2, 0.25) is 0 Å². The summed E-state index contributed by atoms with van der Waals surface area (Å²) in [5.74, 6) is 0.0216. The highest BCUT2D eigenvalue weighted by Crippen LogP contribution is 2.36. The fourth-order valence-electron chi connectivity index (χ4n) is 3.71. The van der Waals surface area contributed by atoms with Crippen molar-refractivity contribution in [3.63, 3.8) is 0 Å². The number of ether oxygens (including phenoxy) is 1. The molecule has 25 heavy (non-hydrogen) atoms. The molecule has 1 unspecified atom stereocenters. The van der Waals surface area contributed by atoms with Gasteiger partial charge in [-0.3, -0.25) is 9.69 Å². The van der Waals surface area contributed by atoms with Crippen LogP contribution >= 0.6 is 11.3 Å². The molecule has 7 nitrogen and oxygen atoms in total. The number of morpholine rings is 1. The number of hydrogen-bond donors (Lipinski definition) is 1. The van der Waals surface area contributed by atoms with Gasteiger partial charge in [0.05, 0.1) is 24.6 Å². The highest BCUT2D eigenvalue weighted by atomic mass is 32.1. The van der Waals surface area contributed by atoms with E-state index in [1.54, 1.807) is 0 Å². The number of aryl methyl sites for hydroxylation is 2. The molecule has 2 saturated heterocycles. The minimum absolute atomic E-state index is 0.0216. The number of rotatable bonds is 2. The normalized spacial score (nSPS) is 22.0. The number of nitrogen functional groups attached to an aromatic ring is 1. The summed E-state index contributed by atoms with van der Waals surface area (Å²) in [7, 11) is 0. The Kier molecular flexibility index (Phi) is 4.35. The lowest BCUT2D eigenvalue weighted by atomic mass is 10.1. The number of nitrogens with two attached hydrogens (primary N) is 1. The lowest BCUT2D eigenvalue weighted by molar-refractivity contribution is 0.0185. The SMILES string of the molecule is Cc1nnc2sc(C(=O)N3CCC(N4CCOCC4)C3)c(N)c2c1C. The molecule has 134 valence electrons. The molecule has 2 aliphatic heterocycles. The predicted molar refractivity (Wildman–Crippen MR) is 98.0 cm³/mol. The van der Waals surface area contributed by atoms with Gasteiger partial charge in [-0.15, -0.1) is 16.4 Å². The first kappa shape index (κ1) is 16.7. The molecular formula is C17H23N5O2S. The molecule has 2 aliphatic rings. The molecule has 0 radical (unpaired) electrons. The number of likely N-dealkylation sites (tertiary alicyclic amines) is 1. The molecule has 2 aromatic rings. The van der Waals surface area contributed by atoms with Gasteiger partial charge in [-0.25, -0.2) is 0 Å². The Morgan fingerprint density at radius 2 is 2.00 bits per heavy atom. The molecule has 1 amide bonds. The van der Waals surface area contributed by atoms with Crippen LogP contribution in [0.15, 0.2) is 0 Å². The van der Waals surface area contributed by atoms with Gasteiger partial charge < -0.3 is 15.4 Å². The van der Waals surface area contributed by atoms with Crippen molar-refractivity contribution < 1.29 is 9.53 Å². The molecule has 0 spiro atoms. The third-order valence-corrected chi connectivity index (χ3v) is 6.42. The van der Waals surface area contributed by atoms with Crippen LogP contribution in [-0.4, -0.2) is 71.3 Å². The third kappa shape index (κ3) is 2.88. The first-order chi connectivity index (χ1) is 12.1. The number of anilines is 1. The monoisotopic (exact) mass is 361 g/mol. The molecule has 0 bridgehead atoms. The Hall–Kier alpha value is -1.77. The second kappa shape index (κ2) is 6.51. The second-order valence-corrected chi connectivity index (χ2v) is 7.78. The summed E-state index contributed by atoms with van der Waals surface area (Å²) < 4.78 is 5.42. The topological polar surface area (TPSA) is 84.6 Å². The zero-order valence-corrected chi connectivity index (χ0v) is 15.4. The molecule has 1 atom stereocenters. The van der Waals surface area contributed by atoms with E-state index in [0.29, 0.717) is 16.6 Å². The maximum atomic E-state index is 13.0. The van der Waals surface area contributed by atoms with Gasteiger partial charge in [0, 0.05) is 37.6 Å². The maximum Gasteiger partial charge on any atom is 0.266 e. The number of hydrogen-bond acceptors (Lipinski definition) is 7. The lowest BCUT2D eigenvalue weighted by Gasteiger charge is -2.32. The van der Waals surface area contributed by atoms with Crippen LogP contribution in [0.4, 0.5) is 5.69 Å². The second-order valence-electron chi connectivity index (χ2n) is 6.78. The highest BCUT2D eigenvalue weighted by molar-refractivity contribution is 7.21. The molecular weight excluding hydrogens is 338 g/mol. The van der Waals surface area contributed by atoms with Crippen molar-refractivity contribution in [1.29, 1.82) is 0 Å². The number of carbonyl (C=O) groups excluding carboxylic acids is 1. The standard InChI is InChI=1S/C17H23N5O2S/c1-10-11(2)19-20-16-13(10)14(18)15(25-16)17(23)22-4-3-12(9-22)21-5-7-24-8-6-21/h12H,3-9,18H2,1-2H3. The van der Waals surface area contributed by atoms with Crippen LogP contribution in [0.25, 0.3) is 10.2 Å². The summed E-state index contributed by atoms with van der Waals surface area (Å²) in [6, 6.07) is 0.423. The van der Waals surface area contributed by atoms with E-state index in [1.165, 1.54) is 11.3 Å². The third-order valence-electron chi connectivity index (χ3n) is 5.34. The molecule has 2 aromatic heterocycles. The van der Waals surface area contributed by atoms with Crippen LogP contribution in [0.3, 0.4) is 0 Å². The van der Waals surface area contributed by atoms with E-state index in [2.05, 4.69) is 15.1 Å². The molecule has 0 aliphatic carbocycles. The van der Waals surface area contributed by atoms with Crippen molar-refractivity contribution >= 4 is 33.1 Å². The molecule has 2 fully saturated rings. The van der Waals surface area contributed by atoms with E-state index in [1.807, 2.05) is 18.7 Å². The lowest BCUT2D eigenvalue weighted by Crippen LogP contribution is -2.45. The van der Waals surface area contributed by atoms with Crippen LogP contribution < -0.4 is 5.73 Å². The van der Waals surface area contributed by atoms with Crippen molar-refractivity contribution in [2.75, 3.05) is 45.1 Å². The van der Waals surface area contributed by atoms with E-state index in [9.17, 15) is 4.79 Å². The average molecular weight is 361 g/mol. The molecule has 8 heteroatoms. The first-order valence-corrected chi connectivity index (χ1v) is 9.51. The van der Waals surface area contributed by atoms with Gasteiger partial charge in [0.1, 0.15) is 9.71 Å². The summed E-state index contributed by atoms with van der Waals surface area (Å²) in [6.07, 6.45) is 1.01. The van der Waals surface area contributed by atoms with Crippen LogP contribution in [0.1, 0.15) is 27.3 Å². The van der Waals surface area contributed by atoms with Gasteiger partial charge in [-0.2, -0.15) is 5.10 Å². The molecule has 2 N–H and O–H groups in total. The number of fused-ring (bicyclic) bond motifs is 1. The van der Waals surface area contributed by atoms with Crippen molar-refractivity contribution in [2.45, 2.75) is 26.3 Å². The highest BCUT2D eigenvalue weighted by Gasteiger charge is 2.33. The maximum absolute atomic E-state index is 13.0. The van der Waals surface area contributed by atoms with Crippen LogP contribution in [0.5, 0.6) is 0 Å². The van der Waals surface area contributed by atoms with Gasteiger partial charge in [0.25, 0.3) is 5.91 Å². The van der Waals surface area contributed by atoms with Crippen LogP contribution in [-0.2, 0) is 4.74 Å². The van der Waals surface area contributed by atoms with Crippen LogP contribution in [0, 0.1) is 13.8 Å². The van der Waals surface area contributed by atoms with Gasteiger partial charge in [0.15, 0.2) is 0 Å². The van der Waals surface area contributed by atoms with E-state index >= 15 is 0 Å². The summed E-state index contributed by atoms with van der Waals surface area (Å²) >= 11 is 1.36. The number of carbonyl (C=O) groups is 1. The Labute approximate surface area is 150 Å². The Balaban J connectivity index is 1.56. The molecule has 0 aromatic carbocycles. The Morgan fingerprint density at radius 3 is 2.76 bits per heavy atom. The minimum atomic E-state index is 0.0216. The number of thiophene rings is 1. The Morgan fingerprint density at radius 1 is 1.24 bits per heavy atom. The largest absolute Gasteiger partial charge is 0.397 e. The Bertz CT molecular complexity index is 815. The minimum Gasteiger partial charge on any atom is -0.397 e. The van der Waals surface area contributed by atoms with E-state index in [-0.39, 0.29) is 5.91 Å². The molecule has 0 saturated carbocycles. The smallest absolute Gasteiger partial charge is 0.266 e. The summed E-state index contributed by atoms with van der Waals surface area (Å²) in [4.78, 5) is 18.7. The summed E-state index contributed by atoms with van der Waals surface area (Å²) in [5, 5.41) is 9.25. The van der Waals surface area contributed by atoms with Crippen molar-refractivity contribution in [3.8, 4) is 0 Å². The fraction of sp³-hybridized carbons (Fsp3) is 0.588. The van der Waals surface area contributed by atoms with Gasteiger partial charge in [-0.1, -0.05) is 0 Å². The van der Waals surface area contributed by atoms with Crippen molar-refractivity contribution in [1.82, 2.24) is 20.0 Å². The van der Waals surface area contributed by atoms with Crippen LogP contribution in [0.2, 0.25) is 0 Å². The fourth-order valence-corrected chi connectivity index (χ4v) is 4.78. The van der Waals surface area contributed by atoms with Crippen molar-refractivity contribution in [3.05, 3.63) is 16.1 Å². The summed E-state index contributed by atoms with van der Waals surface area (Å²) in [6.45, 7) is 8.89. The molecule has 4 rings (SSSR count). The zero-order chi connectivity index (χ0) is 17.6. The number of amides is 1. The van der Waals surface area contributed by atoms with E-state index in [0.717, 1.165) is 67.3 Å². The quantitative estimate of drug-likeness (QED) is 0.871. The predicted octanol–water partition coefficient (Wildman–Crippen LogP) is 1.44. The van der Waals surface area contributed by atoms with E-state index < -0.39 is 0 Å². The number of aromatic nitrogens is 2. The first-order valence-electron chi connectivity index (χ1n) is 8.69. The number of nitrogens with zero attached hydrogens (tertiary/aromatic N) is 4. The average Bonchev–Trinajstić information content (AvgIpc) is 3.24. The van der Waals surface area contributed by atoms with Gasteiger partial charge in [-0.05, 0) is 25.8 Å². The zero-order valence-electron chi connectivity index (χ0n) is 14.6. The molecule has 4 heterocycles. The summed E-state index contributed by atoms with van der Waals surface area (Å²) in [5.41, 5.74) is 8.73. The van der Waals surface area contributed by atoms with Crippen molar-refractivity contribution in [2.24, 2.45) is 0 Å².